The minimum Gasteiger partial charge on any atom is -0.478 e. The van der Waals surface area contributed by atoms with Gasteiger partial charge in [-0.15, -0.1) is 0 Å². The highest BCUT2D eigenvalue weighted by Crippen LogP contribution is 2.13. The Morgan fingerprint density at radius 3 is 2.10 bits per heavy atom. The van der Waals surface area contributed by atoms with Crippen molar-refractivity contribution >= 4 is 11.9 Å². The lowest BCUT2D eigenvalue weighted by Crippen LogP contribution is -2.51. The Labute approximate surface area is 125 Å². The molecule has 1 aromatic rings. The summed E-state index contributed by atoms with van der Waals surface area (Å²) in [5.41, 5.74) is 0.755. The third-order valence-electron chi connectivity index (χ3n) is 4.19. The summed E-state index contributed by atoms with van der Waals surface area (Å²) in [6, 6.07) is 6.69. The van der Waals surface area contributed by atoms with Gasteiger partial charge in [0.2, 0.25) is 0 Å². The zero-order chi connectivity index (χ0) is 15.4. The number of rotatable bonds is 4. The predicted octanol–water partition coefficient (Wildman–Crippen LogP) is 1.94. The van der Waals surface area contributed by atoms with Gasteiger partial charge in [0.15, 0.2) is 0 Å². The molecule has 1 atom stereocenters. The number of carboxylic acids is 1. The smallest absolute Gasteiger partial charge is 0.335 e. The first-order valence-electron chi connectivity index (χ1n) is 7.39. The van der Waals surface area contributed by atoms with Crippen molar-refractivity contribution < 1.29 is 14.7 Å². The van der Waals surface area contributed by atoms with Crippen LogP contribution in [0.3, 0.4) is 0 Å². The molecule has 1 aliphatic heterocycles. The zero-order valence-corrected chi connectivity index (χ0v) is 12.6. The maximum absolute atomic E-state index is 12.4. The topological polar surface area (TPSA) is 60.9 Å². The second-order valence-corrected chi connectivity index (χ2v) is 5.47. The lowest BCUT2D eigenvalue weighted by atomic mass is 10.1. The van der Waals surface area contributed by atoms with Crippen LogP contribution in [-0.2, 0) is 0 Å². The highest BCUT2D eigenvalue weighted by molar-refractivity contribution is 5.96. The van der Waals surface area contributed by atoms with Gasteiger partial charge in [0.05, 0.1) is 5.56 Å². The van der Waals surface area contributed by atoms with Crippen LogP contribution in [0.15, 0.2) is 24.3 Å². The number of hydrogen-bond donors (Lipinski definition) is 1. The number of piperazine rings is 1. The van der Waals surface area contributed by atoms with E-state index in [2.05, 4.69) is 18.7 Å². The van der Waals surface area contributed by atoms with Crippen LogP contribution in [0.1, 0.15) is 41.0 Å². The number of carbonyl (C=O) groups is 2. The first-order valence-corrected chi connectivity index (χ1v) is 7.39. The second kappa shape index (κ2) is 6.72. The van der Waals surface area contributed by atoms with Crippen LogP contribution in [-0.4, -0.2) is 59.0 Å². The molecular weight excluding hydrogens is 268 g/mol. The molecule has 21 heavy (non-hydrogen) atoms. The zero-order valence-electron chi connectivity index (χ0n) is 12.6. The molecule has 1 amide bonds. The van der Waals surface area contributed by atoms with Crippen molar-refractivity contribution in [1.29, 1.82) is 0 Å². The average Bonchev–Trinajstić information content (AvgIpc) is 2.53. The third-order valence-corrected chi connectivity index (χ3v) is 4.19. The van der Waals surface area contributed by atoms with Crippen LogP contribution in [0.5, 0.6) is 0 Å². The summed E-state index contributed by atoms with van der Waals surface area (Å²) in [4.78, 5) is 27.4. The third kappa shape index (κ3) is 3.61. The van der Waals surface area contributed by atoms with E-state index < -0.39 is 5.97 Å². The Hall–Kier alpha value is -1.88. The molecule has 2 rings (SSSR count). The van der Waals surface area contributed by atoms with Gasteiger partial charge in [-0.2, -0.15) is 0 Å². The van der Waals surface area contributed by atoms with Gasteiger partial charge in [0, 0.05) is 37.8 Å². The average molecular weight is 290 g/mol. The van der Waals surface area contributed by atoms with E-state index in [1.54, 1.807) is 12.1 Å². The Bertz CT molecular complexity index is 505. The van der Waals surface area contributed by atoms with E-state index in [-0.39, 0.29) is 11.5 Å². The molecule has 0 aromatic heterocycles. The molecule has 1 aromatic carbocycles. The number of amides is 1. The van der Waals surface area contributed by atoms with Crippen molar-refractivity contribution in [2.24, 2.45) is 0 Å². The van der Waals surface area contributed by atoms with E-state index in [9.17, 15) is 9.59 Å². The van der Waals surface area contributed by atoms with E-state index in [1.807, 2.05) is 4.90 Å². The Morgan fingerprint density at radius 1 is 1.10 bits per heavy atom. The summed E-state index contributed by atoms with van der Waals surface area (Å²) in [6.07, 6.45) is 1.12. The summed E-state index contributed by atoms with van der Waals surface area (Å²) in [6.45, 7) is 7.63. The van der Waals surface area contributed by atoms with E-state index in [4.69, 9.17) is 5.11 Å². The van der Waals surface area contributed by atoms with Crippen LogP contribution in [0.2, 0.25) is 0 Å². The fraction of sp³-hybridized carbons (Fsp3) is 0.500. The van der Waals surface area contributed by atoms with Gasteiger partial charge in [0.25, 0.3) is 5.91 Å². The van der Waals surface area contributed by atoms with Crippen LogP contribution in [0.4, 0.5) is 0 Å². The summed E-state index contributed by atoms with van der Waals surface area (Å²) in [5, 5.41) is 8.87. The number of aromatic carboxylic acids is 1. The molecule has 0 radical (unpaired) electrons. The van der Waals surface area contributed by atoms with Gasteiger partial charge in [-0.3, -0.25) is 9.69 Å². The van der Waals surface area contributed by atoms with Crippen molar-refractivity contribution in [2.75, 3.05) is 26.2 Å². The largest absolute Gasteiger partial charge is 0.478 e. The van der Waals surface area contributed by atoms with Crippen molar-refractivity contribution in [3.63, 3.8) is 0 Å². The van der Waals surface area contributed by atoms with Gasteiger partial charge in [0.1, 0.15) is 0 Å². The Balaban J connectivity index is 1.97. The predicted molar refractivity (Wildman–Crippen MR) is 80.6 cm³/mol. The standard InChI is InChI=1S/C16H22N2O3/c1-3-12(2)17-8-10-18(11-9-17)15(19)13-4-6-14(7-5-13)16(20)21/h4-7,12H,3,8-11H2,1-2H3,(H,20,21). The highest BCUT2D eigenvalue weighted by Gasteiger charge is 2.24. The van der Waals surface area contributed by atoms with Crippen molar-refractivity contribution in [1.82, 2.24) is 9.80 Å². The normalized spacial score (nSPS) is 17.5. The highest BCUT2D eigenvalue weighted by atomic mass is 16.4. The molecule has 5 nitrogen and oxygen atoms in total. The lowest BCUT2D eigenvalue weighted by Gasteiger charge is -2.37. The molecule has 114 valence electrons. The van der Waals surface area contributed by atoms with Gasteiger partial charge < -0.3 is 10.0 Å². The molecule has 1 unspecified atom stereocenters. The number of carbonyl (C=O) groups excluding carboxylic acids is 1. The first-order chi connectivity index (χ1) is 10.0. The van der Waals surface area contributed by atoms with E-state index in [0.717, 1.165) is 32.6 Å². The molecule has 1 N–H and O–H groups in total. The maximum Gasteiger partial charge on any atom is 0.335 e. The van der Waals surface area contributed by atoms with Crippen molar-refractivity contribution in [2.45, 2.75) is 26.3 Å². The monoisotopic (exact) mass is 290 g/mol. The van der Waals surface area contributed by atoms with Crippen LogP contribution in [0.25, 0.3) is 0 Å². The molecule has 0 saturated carbocycles. The Kier molecular flexibility index (Phi) is 4.96. The number of hydrogen-bond acceptors (Lipinski definition) is 3. The quantitative estimate of drug-likeness (QED) is 0.920. The molecule has 1 aliphatic rings. The van der Waals surface area contributed by atoms with Crippen LogP contribution in [0, 0.1) is 0 Å². The van der Waals surface area contributed by atoms with Crippen molar-refractivity contribution in [3.8, 4) is 0 Å². The fourth-order valence-electron chi connectivity index (χ4n) is 2.56. The number of nitrogens with zero attached hydrogens (tertiary/aromatic N) is 2. The second-order valence-electron chi connectivity index (χ2n) is 5.47. The lowest BCUT2D eigenvalue weighted by molar-refractivity contribution is 0.0578. The molecule has 0 spiro atoms. The molecule has 1 saturated heterocycles. The summed E-state index contributed by atoms with van der Waals surface area (Å²) in [7, 11) is 0. The molecule has 1 heterocycles. The summed E-state index contributed by atoms with van der Waals surface area (Å²) in [5.74, 6) is -0.994. The molecule has 5 heteroatoms. The SMILES string of the molecule is CCC(C)N1CCN(C(=O)c2ccc(C(=O)O)cc2)CC1. The Morgan fingerprint density at radius 2 is 1.62 bits per heavy atom. The van der Waals surface area contributed by atoms with E-state index >= 15 is 0 Å². The summed E-state index contributed by atoms with van der Waals surface area (Å²) < 4.78 is 0. The molecule has 1 fully saturated rings. The van der Waals surface area contributed by atoms with E-state index in [0.29, 0.717) is 11.6 Å². The van der Waals surface area contributed by atoms with Gasteiger partial charge in [-0.1, -0.05) is 6.92 Å². The number of carboxylic acid groups (broad SMARTS) is 1. The van der Waals surface area contributed by atoms with Gasteiger partial charge in [-0.05, 0) is 37.6 Å². The van der Waals surface area contributed by atoms with Crippen LogP contribution >= 0.6 is 0 Å². The van der Waals surface area contributed by atoms with Gasteiger partial charge in [-0.25, -0.2) is 4.79 Å². The van der Waals surface area contributed by atoms with Crippen LogP contribution < -0.4 is 0 Å². The summed E-state index contributed by atoms with van der Waals surface area (Å²) >= 11 is 0. The fourth-order valence-corrected chi connectivity index (χ4v) is 2.56. The van der Waals surface area contributed by atoms with E-state index in [1.165, 1.54) is 12.1 Å². The van der Waals surface area contributed by atoms with Crippen molar-refractivity contribution in [3.05, 3.63) is 35.4 Å². The minimum absolute atomic E-state index is 0.0178. The van der Waals surface area contributed by atoms with Gasteiger partial charge >= 0.3 is 5.97 Å². The molecular formula is C16H22N2O3. The molecule has 0 aliphatic carbocycles. The maximum atomic E-state index is 12.4. The number of benzene rings is 1. The minimum atomic E-state index is -0.976. The first kappa shape index (κ1) is 15.5. The molecule has 0 bridgehead atoms.